The van der Waals surface area contributed by atoms with Crippen LogP contribution in [0.1, 0.15) is 24.0 Å². The first-order valence-electron chi connectivity index (χ1n) is 6.00. The summed E-state index contributed by atoms with van der Waals surface area (Å²) in [7, 11) is 0. The van der Waals surface area contributed by atoms with Gasteiger partial charge >= 0.3 is 6.18 Å². The van der Waals surface area contributed by atoms with Gasteiger partial charge in [0.15, 0.2) is 0 Å². The van der Waals surface area contributed by atoms with E-state index >= 15 is 0 Å². The van der Waals surface area contributed by atoms with Crippen LogP contribution in [0.2, 0.25) is 0 Å². The Bertz CT molecular complexity index is 536. The van der Waals surface area contributed by atoms with Crippen LogP contribution >= 0.6 is 12.2 Å². The van der Waals surface area contributed by atoms with Crippen molar-refractivity contribution in [3.8, 4) is 0 Å². The van der Waals surface area contributed by atoms with Crippen molar-refractivity contribution in [2.45, 2.75) is 31.0 Å². The lowest BCUT2D eigenvalue weighted by molar-refractivity contribution is -0.170. The van der Waals surface area contributed by atoms with Gasteiger partial charge in [-0.2, -0.15) is 13.2 Å². The predicted octanol–water partition coefficient (Wildman–Crippen LogP) is 2.07. The Hall–Kier alpha value is -1.63. The first kappa shape index (κ1) is 14.8. The number of halogens is 3. The Kier molecular flexibility index (Phi) is 3.73. The zero-order valence-corrected chi connectivity index (χ0v) is 11.3. The number of nitrogens with two attached hydrogens (primary N) is 1. The van der Waals surface area contributed by atoms with Crippen LogP contribution in [0, 0.1) is 0 Å². The highest BCUT2D eigenvalue weighted by Crippen LogP contribution is 2.48. The number of benzene rings is 1. The normalized spacial score (nSPS) is 16.6. The maximum atomic E-state index is 12.7. The van der Waals surface area contributed by atoms with E-state index in [2.05, 4.69) is 5.32 Å². The Morgan fingerprint density at radius 1 is 1.30 bits per heavy atom. The minimum atomic E-state index is -4.39. The second kappa shape index (κ2) is 5.05. The number of rotatable bonds is 4. The molecule has 20 heavy (non-hydrogen) atoms. The number of nitrogens with one attached hydrogen (secondary N) is 1. The highest BCUT2D eigenvalue weighted by Gasteiger charge is 2.64. The van der Waals surface area contributed by atoms with Gasteiger partial charge in [0.1, 0.15) is 10.5 Å². The molecule has 7 heteroatoms. The van der Waals surface area contributed by atoms with Gasteiger partial charge in [-0.25, -0.2) is 0 Å². The molecule has 1 amide bonds. The molecule has 108 valence electrons. The van der Waals surface area contributed by atoms with E-state index in [1.807, 2.05) is 0 Å². The third-order valence-electron chi connectivity index (χ3n) is 3.27. The molecule has 1 aliphatic rings. The number of alkyl halides is 3. The van der Waals surface area contributed by atoms with Crippen LogP contribution in [0.15, 0.2) is 24.3 Å². The zero-order chi connectivity index (χ0) is 15.0. The Balaban J connectivity index is 1.97. The van der Waals surface area contributed by atoms with Crippen molar-refractivity contribution in [1.82, 2.24) is 5.32 Å². The summed E-state index contributed by atoms with van der Waals surface area (Å²) in [5.41, 5.74) is 4.68. The fourth-order valence-corrected chi connectivity index (χ4v) is 2.02. The molecule has 1 fully saturated rings. The first-order valence-corrected chi connectivity index (χ1v) is 6.41. The van der Waals surface area contributed by atoms with Crippen LogP contribution in [-0.2, 0) is 11.2 Å². The molecule has 1 aliphatic carbocycles. The largest absolute Gasteiger partial charge is 0.411 e. The third-order valence-corrected chi connectivity index (χ3v) is 3.51. The van der Waals surface area contributed by atoms with Crippen molar-refractivity contribution >= 4 is 23.1 Å². The molecular weight excluding hydrogens is 289 g/mol. The molecule has 3 N–H and O–H groups in total. The molecular formula is C13H13F3N2OS. The van der Waals surface area contributed by atoms with Crippen LogP contribution < -0.4 is 11.1 Å². The number of hydrogen-bond donors (Lipinski definition) is 2. The fraction of sp³-hybridized carbons (Fsp3) is 0.385. The molecule has 0 saturated heterocycles. The number of carbonyl (C=O) groups is 1. The van der Waals surface area contributed by atoms with Crippen molar-refractivity contribution in [1.29, 1.82) is 0 Å². The summed E-state index contributed by atoms with van der Waals surface area (Å²) in [5, 5.41) is 2.08. The highest BCUT2D eigenvalue weighted by molar-refractivity contribution is 7.80. The second-order valence-electron chi connectivity index (χ2n) is 4.87. The van der Waals surface area contributed by atoms with E-state index in [4.69, 9.17) is 18.0 Å². The van der Waals surface area contributed by atoms with Crippen molar-refractivity contribution in [2.24, 2.45) is 5.73 Å². The van der Waals surface area contributed by atoms with Gasteiger partial charge in [0.2, 0.25) is 5.91 Å². The Morgan fingerprint density at radius 3 is 2.25 bits per heavy atom. The predicted molar refractivity (Wildman–Crippen MR) is 72.2 cm³/mol. The molecule has 0 radical (unpaired) electrons. The van der Waals surface area contributed by atoms with Crippen molar-refractivity contribution in [3.63, 3.8) is 0 Å². The smallest absolute Gasteiger partial charge is 0.389 e. The van der Waals surface area contributed by atoms with Crippen molar-refractivity contribution in [3.05, 3.63) is 35.4 Å². The average molecular weight is 302 g/mol. The quantitative estimate of drug-likeness (QED) is 0.837. The summed E-state index contributed by atoms with van der Waals surface area (Å²) in [4.78, 5) is 11.9. The summed E-state index contributed by atoms with van der Waals surface area (Å²) in [5.74, 6) is -0.636. The summed E-state index contributed by atoms with van der Waals surface area (Å²) < 4.78 is 38.1. The molecule has 2 rings (SSSR count). The van der Waals surface area contributed by atoms with Crippen molar-refractivity contribution < 1.29 is 18.0 Å². The van der Waals surface area contributed by atoms with E-state index in [1.165, 1.54) is 0 Å². The highest BCUT2D eigenvalue weighted by atomic mass is 32.1. The molecule has 1 aromatic rings. The number of thiocarbonyl (C=S) groups is 1. The fourth-order valence-electron chi connectivity index (χ4n) is 1.89. The maximum absolute atomic E-state index is 12.7. The van der Waals surface area contributed by atoms with E-state index in [-0.39, 0.29) is 24.3 Å². The molecule has 1 aromatic carbocycles. The topological polar surface area (TPSA) is 55.1 Å². The first-order chi connectivity index (χ1) is 9.23. The molecule has 0 bridgehead atoms. The lowest BCUT2D eigenvalue weighted by Crippen LogP contribution is -2.48. The lowest BCUT2D eigenvalue weighted by atomic mass is 10.1. The number of amides is 1. The van der Waals surface area contributed by atoms with E-state index in [9.17, 15) is 18.0 Å². The van der Waals surface area contributed by atoms with Crippen molar-refractivity contribution in [2.75, 3.05) is 0 Å². The summed E-state index contributed by atoms with van der Waals surface area (Å²) in [6, 6.07) is 6.53. The molecule has 0 heterocycles. The number of hydrogen-bond acceptors (Lipinski definition) is 2. The van der Waals surface area contributed by atoms with Crippen LogP contribution in [0.25, 0.3) is 0 Å². The van der Waals surface area contributed by atoms with E-state index < -0.39 is 17.6 Å². The Morgan fingerprint density at radius 2 is 1.85 bits per heavy atom. The van der Waals surface area contributed by atoms with E-state index in [0.29, 0.717) is 11.1 Å². The Labute approximate surface area is 119 Å². The molecule has 0 unspecified atom stereocenters. The van der Waals surface area contributed by atoms with Crippen LogP contribution in [0.3, 0.4) is 0 Å². The van der Waals surface area contributed by atoms with Gasteiger partial charge in [0.05, 0.1) is 6.42 Å². The van der Waals surface area contributed by atoms with Gasteiger partial charge < -0.3 is 11.1 Å². The molecule has 0 spiro atoms. The molecule has 0 aromatic heterocycles. The summed E-state index contributed by atoms with van der Waals surface area (Å²) >= 11 is 4.79. The zero-order valence-electron chi connectivity index (χ0n) is 10.5. The van der Waals surface area contributed by atoms with Crippen LogP contribution in [-0.4, -0.2) is 22.6 Å². The summed E-state index contributed by atoms with van der Waals surface area (Å²) in [6.07, 6.45) is -4.60. The third kappa shape index (κ3) is 3.09. The minimum Gasteiger partial charge on any atom is -0.389 e. The molecule has 0 aliphatic heterocycles. The van der Waals surface area contributed by atoms with Crippen LogP contribution in [0.4, 0.5) is 13.2 Å². The minimum absolute atomic E-state index is 0.0530. The molecule has 3 nitrogen and oxygen atoms in total. The number of carbonyl (C=O) groups excluding carboxylic acids is 1. The van der Waals surface area contributed by atoms with Gasteiger partial charge in [-0.15, -0.1) is 0 Å². The molecule has 1 saturated carbocycles. The monoisotopic (exact) mass is 302 g/mol. The van der Waals surface area contributed by atoms with Gasteiger partial charge in [-0.05, 0) is 18.4 Å². The second-order valence-corrected chi connectivity index (χ2v) is 5.31. The van der Waals surface area contributed by atoms with E-state index in [1.54, 1.807) is 24.3 Å². The summed E-state index contributed by atoms with van der Waals surface area (Å²) in [6.45, 7) is 0. The van der Waals surface area contributed by atoms with Gasteiger partial charge in [0.25, 0.3) is 0 Å². The van der Waals surface area contributed by atoms with E-state index in [0.717, 1.165) is 0 Å². The SMILES string of the molecule is NC(=S)c1ccc(CC(=O)NC2(C(F)(F)F)CC2)cc1. The van der Waals surface area contributed by atoms with Gasteiger partial charge in [0, 0.05) is 5.56 Å². The lowest BCUT2D eigenvalue weighted by Gasteiger charge is -2.20. The van der Waals surface area contributed by atoms with Crippen LogP contribution in [0.5, 0.6) is 0 Å². The van der Waals surface area contributed by atoms with Gasteiger partial charge in [-0.3, -0.25) is 4.79 Å². The van der Waals surface area contributed by atoms with Gasteiger partial charge in [-0.1, -0.05) is 36.5 Å². The average Bonchev–Trinajstić information content (AvgIpc) is 3.09. The standard InChI is InChI=1S/C13H13F3N2OS/c14-13(15,16)12(5-6-12)18-10(19)7-8-1-3-9(4-2-8)11(17)20/h1-4H,5-7H2,(H2,17,20)(H,18,19). The maximum Gasteiger partial charge on any atom is 0.411 e. The molecule has 0 atom stereocenters.